The number of carbonyl (C=O) groups excluding carboxylic acids is 1. The standard InChI is InChI=1S/C20H18F4N4O/c1-13-25-9-10-28(13)12-17(29)27-18(15-6-4-14(11-21)5-7-15)19-16(20(22,23)24)3-2-8-26-19/h2-10,18H,11-12H2,1H3,(H,27,29)/t18-/m0/s1. The number of nitrogens with zero attached hydrogens (tertiary/aromatic N) is 3. The molecule has 0 spiro atoms. The number of aromatic nitrogens is 3. The zero-order chi connectivity index (χ0) is 21.0. The van der Waals surface area contributed by atoms with Crippen molar-refractivity contribution in [2.75, 3.05) is 0 Å². The molecule has 0 aliphatic heterocycles. The smallest absolute Gasteiger partial charge is 0.342 e. The van der Waals surface area contributed by atoms with Crippen molar-refractivity contribution >= 4 is 5.91 Å². The molecule has 0 aliphatic carbocycles. The van der Waals surface area contributed by atoms with E-state index in [1.807, 2.05) is 0 Å². The van der Waals surface area contributed by atoms with E-state index in [0.717, 1.165) is 6.07 Å². The van der Waals surface area contributed by atoms with E-state index < -0.39 is 30.4 Å². The van der Waals surface area contributed by atoms with Crippen LogP contribution in [0.1, 0.15) is 34.3 Å². The molecule has 9 heteroatoms. The van der Waals surface area contributed by atoms with E-state index in [0.29, 0.717) is 17.0 Å². The number of hydrogen-bond donors (Lipinski definition) is 1. The van der Waals surface area contributed by atoms with Crippen LogP contribution in [0.4, 0.5) is 17.6 Å². The fourth-order valence-corrected chi connectivity index (χ4v) is 2.93. The molecule has 1 N–H and O–H groups in total. The molecule has 0 fully saturated rings. The van der Waals surface area contributed by atoms with E-state index in [-0.39, 0.29) is 12.2 Å². The Morgan fingerprint density at radius 1 is 1.14 bits per heavy atom. The molecule has 0 saturated heterocycles. The summed E-state index contributed by atoms with van der Waals surface area (Å²) < 4.78 is 55.0. The summed E-state index contributed by atoms with van der Waals surface area (Å²) in [7, 11) is 0. The first-order chi connectivity index (χ1) is 13.8. The Morgan fingerprint density at radius 3 is 2.45 bits per heavy atom. The molecular weight excluding hydrogens is 388 g/mol. The molecule has 0 aliphatic rings. The Balaban J connectivity index is 1.98. The summed E-state index contributed by atoms with van der Waals surface area (Å²) in [6, 6.07) is 6.84. The predicted octanol–water partition coefficient (Wildman–Crippen LogP) is 3.98. The van der Waals surface area contributed by atoms with Crippen LogP contribution in [0.5, 0.6) is 0 Å². The fraction of sp³-hybridized carbons (Fsp3) is 0.250. The molecule has 2 aromatic heterocycles. The summed E-state index contributed by atoms with van der Waals surface area (Å²) in [5.41, 5.74) is -0.533. The van der Waals surface area contributed by atoms with Gasteiger partial charge in [-0.05, 0) is 30.2 Å². The maximum atomic E-state index is 13.5. The minimum Gasteiger partial charge on any atom is -0.342 e. The number of halogens is 4. The first-order valence-corrected chi connectivity index (χ1v) is 8.73. The van der Waals surface area contributed by atoms with Gasteiger partial charge in [0.05, 0.1) is 17.3 Å². The van der Waals surface area contributed by atoms with E-state index >= 15 is 0 Å². The number of imidazole rings is 1. The molecule has 0 saturated carbocycles. The number of alkyl halides is 4. The lowest BCUT2D eigenvalue weighted by Crippen LogP contribution is -2.34. The molecule has 1 aromatic carbocycles. The van der Waals surface area contributed by atoms with Crippen LogP contribution in [0, 0.1) is 6.92 Å². The minimum absolute atomic E-state index is 0.112. The van der Waals surface area contributed by atoms with E-state index in [2.05, 4.69) is 15.3 Å². The van der Waals surface area contributed by atoms with Crippen molar-refractivity contribution in [3.63, 3.8) is 0 Å². The predicted molar refractivity (Wildman–Crippen MR) is 97.4 cm³/mol. The number of carbonyl (C=O) groups is 1. The highest BCUT2D eigenvalue weighted by molar-refractivity contribution is 5.77. The Hall–Kier alpha value is -3.23. The highest BCUT2D eigenvalue weighted by atomic mass is 19.4. The second-order valence-corrected chi connectivity index (χ2v) is 6.41. The summed E-state index contributed by atoms with van der Waals surface area (Å²) in [6.45, 7) is 0.897. The molecule has 0 bridgehead atoms. The molecule has 152 valence electrons. The average molecular weight is 406 g/mol. The third-order valence-corrected chi connectivity index (χ3v) is 4.43. The van der Waals surface area contributed by atoms with E-state index in [4.69, 9.17) is 0 Å². The number of rotatable bonds is 6. The van der Waals surface area contributed by atoms with Gasteiger partial charge in [0.2, 0.25) is 5.91 Å². The van der Waals surface area contributed by atoms with Gasteiger partial charge in [0, 0.05) is 18.6 Å². The Labute approximate surface area is 164 Å². The maximum absolute atomic E-state index is 13.5. The van der Waals surface area contributed by atoms with Crippen LogP contribution in [0.25, 0.3) is 0 Å². The van der Waals surface area contributed by atoms with Crippen LogP contribution < -0.4 is 5.32 Å². The number of benzene rings is 1. The van der Waals surface area contributed by atoms with Gasteiger partial charge >= 0.3 is 6.18 Å². The van der Waals surface area contributed by atoms with Crippen molar-refractivity contribution in [3.05, 3.63) is 83.2 Å². The Morgan fingerprint density at radius 2 is 1.86 bits per heavy atom. The van der Waals surface area contributed by atoms with Gasteiger partial charge in [-0.25, -0.2) is 9.37 Å². The van der Waals surface area contributed by atoms with Gasteiger partial charge in [0.1, 0.15) is 19.0 Å². The first kappa shape index (κ1) is 20.5. The Kier molecular flexibility index (Phi) is 5.95. The lowest BCUT2D eigenvalue weighted by molar-refractivity contribution is -0.139. The van der Waals surface area contributed by atoms with E-state index in [1.165, 1.54) is 42.7 Å². The van der Waals surface area contributed by atoms with Gasteiger partial charge in [-0.15, -0.1) is 0 Å². The van der Waals surface area contributed by atoms with Crippen LogP contribution >= 0.6 is 0 Å². The SMILES string of the molecule is Cc1nccn1CC(=O)N[C@@H](c1ccc(CF)cc1)c1ncccc1C(F)(F)F. The van der Waals surface area contributed by atoms with E-state index in [9.17, 15) is 22.4 Å². The molecule has 1 atom stereocenters. The van der Waals surface area contributed by atoms with Crippen LogP contribution in [0.15, 0.2) is 55.0 Å². The monoisotopic (exact) mass is 406 g/mol. The summed E-state index contributed by atoms with van der Waals surface area (Å²) in [5.74, 6) is 0.0854. The second kappa shape index (κ2) is 8.42. The molecule has 29 heavy (non-hydrogen) atoms. The minimum atomic E-state index is -4.65. The highest BCUT2D eigenvalue weighted by Crippen LogP contribution is 2.35. The fourth-order valence-electron chi connectivity index (χ4n) is 2.93. The number of pyridine rings is 1. The zero-order valence-electron chi connectivity index (χ0n) is 15.4. The number of nitrogens with one attached hydrogen (secondary N) is 1. The third-order valence-electron chi connectivity index (χ3n) is 4.43. The van der Waals surface area contributed by atoms with Gasteiger partial charge in [-0.1, -0.05) is 24.3 Å². The van der Waals surface area contributed by atoms with Crippen molar-refractivity contribution in [2.45, 2.75) is 32.4 Å². The largest absolute Gasteiger partial charge is 0.418 e. The van der Waals surface area contributed by atoms with Gasteiger partial charge in [0.15, 0.2) is 0 Å². The topological polar surface area (TPSA) is 59.8 Å². The van der Waals surface area contributed by atoms with Crippen LogP contribution in [0.3, 0.4) is 0 Å². The summed E-state index contributed by atoms with van der Waals surface area (Å²) in [5, 5.41) is 2.62. The van der Waals surface area contributed by atoms with Gasteiger partial charge in [-0.2, -0.15) is 13.2 Å². The van der Waals surface area contributed by atoms with Crippen LogP contribution in [-0.4, -0.2) is 20.4 Å². The number of aryl methyl sites for hydroxylation is 1. The van der Waals surface area contributed by atoms with Crippen LogP contribution in [0.2, 0.25) is 0 Å². The number of amides is 1. The zero-order valence-corrected chi connectivity index (χ0v) is 15.4. The summed E-state index contributed by atoms with van der Waals surface area (Å²) in [4.78, 5) is 20.5. The molecule has 5 nitrogen and oxygen atoms in total. The summed E-state index contributed by atoms with van der Waals surface area (Å²) >= 11 is 0. The second-order valence-electron chi connectivity index (χ2n) is 6.41. The average Bonchev–Trinajstić information content (AvgIpc) is 3.10. The molecule has 3 rings (SSSR count). The van der Waals surface area contributed by atoms with Gasteiger partial charge in [0.25, 0.3) is 0 Å². The van der Waals surface area contributed by atoms with Crippen molar-refractivity contribution in [1.29, 1.82) is 0 Å². The molecule has 2 heterocycles. The quantitative estimate of drug-likeness (QED) is 0.630. The lowest BCUT2D eigenvalue weighted by Gasteiger charge is -2.23. The van der Waals surface area contributed by atoms with E-state index in [1.54, 1.807) is 17.7 Å². The molecule has 3 aromatic rings. The summed E-state index contributed by atoms with van der Waals surface area (Å²) in [6.07, 6.45) is -0.287. The number of hydrogen-bond acceptors (Lipinski definition) is 3. The molecule has 1 amide bonds. The van der Waals surface area contributed by atoms with Crippen molar-refractivity contribution in [3.8, 4) is 0 Å². The molecule has 0 radical (unpaired) electrons. The highest BCUT2D eigenvalue weighted by Gasteiger charge is 2.37. The van der Waals surface area contributed by atoms with Gasteiger partial charge < -0.3 is 9.88 Å². The first-order valence-electron chi connectivity index (χ1n) is 8.73. The van der Waals surface area contributed by atoms with Crippen molar-refractivity contribution in [1.82, 2.24) is 19.9 Å². The third kappa shape index (κ3) is 4.79. The van der Waals surface area contributed by atoms with Crippen molar-refractivity contribution in [2.24, 2.45) is 0 Å². The van der Waals surface area contributed by atoms with Crippen molar-refractivity contribution < 1.29 is 22.4 Å². The van der Waals surface area contributed by atoms with Gasteiger partial charge in [-0.3, -0.25) is 9.78 Å². The Bertz CT molecular complexity index is 983. The maximum Gasteiger partial charge on any atom is 0.418 e. The molecule has 0 unspecified atom stereocenters. The molecular formula is C20H18F4N4O. The lowest BCUT2D eigenvalue weighted by atomic mass is 9.98. The van der Waals surface area contributed by atoms with Crippen LogP contribution in [-0.2, 0) is 24.2 Å². The normalized spacial score (nSPS) is 12.6.